The summed E-state index contributed by atoms with van der Waals surface area (Å²) in [5.41, 5.74) is 5.23. The quantitative estimate of drug-likeness (QED) is 0.678. The Hall–Kier alpha value is -2.43. The van der Waals surface area contributed by atoms with Crippen LogP contribution in [0.5, 0.6) is 0 Å². The van der Waals surface area contributed by atoms with Crippen molar-refractivity contribution in [3.8, 4) is 0 Å². The summed E-state index contributed by atoms with van der Waals surface area (Å²) in [6.07, 6.45) is 3.32. The van der Waals surface area contributed by atoms with Crippen molar-refractivity contribution in [3.63, 3.8) is 0 Å². The number of piperazine rings is 1. The first-order valence-electron chi connectivity index (χ1n) is 11.5. The molecule has 0 spiro atoms. The van der Waals surface area contributed by atoms with Crippen LogP contribution in [-0.4, -0.2) is 43.2 Å². The monoisotopic (exact) mass is 403 g/mol. The molecule has 30 heavy (non-hydrogen) atoms. The molecule has 1 fully saturated rings. The van der Waals surface area contributed by atoms with E-state index in [0.717, 1.165) is 51.1 Å². The van der Waals surface area contributed by atoms with E-state index >= 15 is 0 Å². The van der Waals surface area contributed by atoms with Crippen molar-refractivity contribution in [2.24, 2.45) is 5.92 Å². The maximum Gasteiger partial charge on any atom is 0.286 e. The molecule has 4 nitrogen and oxygen atoms in total. The van der Waals surface area contributed by atoms with E-state index < -0.39 is 0 Å². The predicted molar refractivity (Wildman–Crippen MR) is 120 cm³/mol. The number of nitrogens with one attached hydrogen (secondary N) is 2. The molecule has 0 unspecified atom stereocenters. The fourth-order valence-electron chi connectivity index (χ4n) is 5.46. The van der Waals surface area contributed by atoms with Gasteiger partial charge in [-0.05, 0) is 36.8 Å². The number of aromatic nitrogens is 1. The van der Waals surface area contributed by atoms with E-state index in [1.807, 2.05) is 0 Å². The van der Waals surface area contributed by atoms with E-state index in [-0.39, 0.29) is 5.91 Å². The Morgan fingerprint density at radius 3 is 2.47 bits per heavy atom. The van der Waals surface area contributed by atoms with Crippen LogP contribution in [0.25, 0.3) is 10.9 Å². The molecule has 0 saturated carbocycles. The molecule has 0 amide bonds. The molecule has 0 radical (unpaired) electrons. The minimum atomic E-state index is 0.281. The zero-order chi connectivity index (χ0) is 20.5. The number of rotatable bonds is 4. The van der Waals surface area contributed by atoms with Gasteiger partial charge in [-0.1, -0.05) is 55.5 Å². The van der Waals surface area contributed by atoms with Crippen LogP contribution < -0.4 is 9.80 Å². The fourth-order valence-corrected chi connectivity index (χ4v) is 5.46. The van der Waals surface area contributed by atoms with Gasteiger partial charge < -0.3 is 9.80 Å². The highest BCUT2D eigenvalue weighted by atomic mass is 16.2. The largest absolute Gasteiger partial charge is 0.322 e. The van der Waals surface area contributed by atoms with E-state index in [4.69, 9.17) is 0 Å². The van der Waals surface area contributed by atoms with Crippen molar-refractivity contribution < 1.29 is 14.6 Å². The molecule has 1 saturated heterocycles. The minimum absolute atomic E-state index is 0.281. The highest BCUT2D eigenvalue weighted by Gasteiger charge is 2.29. The third-order valence-electron chi connectivity index (χ3n) is 7.13. The average molecular weight is 404 g/mol. The number of para-hydroxylation sites is 1. The number of carbonyl (C=O) groups excluding carboxylic acids is 1. The first kappa shape index (κ1) is 19.5. The minimum Gasteiger partial charge on any atom is -0.322 e. The van der Waals surface area contributed by atoms with Gasteiger partial charge in [0.2, 0.25) is 0 Å². The standard InChI is InChI=1S/C26H31N3O/c1-20-11-12-25-23(17-20)22-9-5-6-10-24(22)29(25)26(30)19-28-15-13-27(14-16-28)18-21-7-3-2-4-8-21/h2-10,20H,11-19H2,1H3/p+2/t20-/m0/s1. The highest BCUT2D eigenvalue weighted by Crippen LogP contribution is 2.34. The van der Waals surface area contributed by atoms with Gasteiger partial charge in [0.1, 0.15) is 32.7 Å². The van der Waals surface area contributed by atoms with Gasteiger partial charge in [0.25, 0.3) is 5.91 Å². The van der Waals surface area contributed by atoms with Crippen LogP contribution in [-0.2, 0) is 19.4 Å². The van der Waals surface area contributed by atoms with Crippen molar-refractivity contribution in [2.75, 3.05) is 32.7 Å². The van der Waals surface area contributed by atoms with Gasteiger partial charge in [0, 0.05) is 16.6 Å². The molecule has 2 N–H and O–H groups in total. The van der Waals surface area contributed by atoms with E-state index in [0.29, 0.717) is 12.5 Å². The lowest BCUT2D eigenvalue weighted by Crippen LogP contribution is -3.28. The number of quaternary nitrogens is 2. The second-order valence-electron chi connectivity index (χ2n) is 9.36. The third-order valence-corrected chi connectivity index (χ3v) is 7.13. The lowest BCUT2D eigenvalue weighted by Gasteiger charge is -2.29. The molecule has 1 aromatic heterocycles. The number of hydrogen-bond acceptors (Lipinski definition) is 1. The zero-order valence-corrected chi connectivity index (χ0v) is 18.0. The Morgan fingerprint density at radius 1 is 0.967 bits per heavy atom. The van der Waals surface area contributed by atoms with Crippen molar-refractivity contribution in [1.29, 1.82) is 0 Å². The van der Waals surface area contributed by atoms with Crippen molar-refractivity contribution >= 4 is 16.8 Å². The van der Waals surface area contributed by atoms with Crippen LogP contribution in [0.15, 0.2) is 54.6 Å². The molecule has 1 aliphatic heterocycles. The number of benzene rings is 2. The molecule has 4 heteroatoms. The second kappa shape index (κ2) is 8.37. The molecular formula is C26H33N3O+2. The van der Waals surface area contributed by atoms with E-state index in [1.165, 1.54) is 33.5 Å². The molecule has 3 aromatic rings. The second-order valence-corrected chi connectivity index (χ2v) is 9.36. The molecule has 156 valence electrons. The zero-order valence-electron chi connectivity index (χ0n) is 18.0. The summed E-state index contributed by atoms with van der Waals surface area (Å²) in [7, 11) is 0. The molecule has 1 atom stereocenters. The maximum absolute atomic E-state index is 13.4. The van der Waals surface area contributed by atoms with Crippen LogP contribution in [0.1, 0.15) is 35.0 Å². The normalized spacial score (nSPS) is 24.0. The van der Waals surface area contributed by atoms with Crippen molar-refractivity contribution in [2.45, 2.75) is 32.7 Å². The molecule has 5 rings (SSSR count). The lowest BCUT2D eigenvalue weighted by atomic mass is 9.88. The summed E-state index contributed by atoms with van der Waals surface area (Å²) in [6, 6.07) is 19.3. The number of nitrogens with zero attached hydrogens (tertiary/aromatic N) is 1. The maximum atomic E-state index is 13.4. The molecule has 1 aliphatic carbocycles. The Kier molecular flexibility index (Phi) is 5.45. The van der Waals surface area contributed by atoms with Gasteiger partial charge in [-0.15, -0.1) is 0 Å². The number of carbonyl (C=O) groups is 1. The SMILES string of the molecule is C[C@H]1CCc2c(c3ccccc3n2C(=O)C[NH+]2CC[NH+](Cc3ccccc3)CC2)C1. The lowest BCUT2D eigenvalue weighted by molar-refractivity contribution is -1.02. The first-order chi connectivity index (χ1) is 14.7. The van der Waals surface area contributed by atoms with Gasteiger partial charge in [0.05, 0.1) is 5.52 Å². The highest BCUT2D eigenvalue weighted by molar-refractivity contribution is 5.96. The summed E-state index contributed by atoms with van der Waals surface area (Å²) < 4.78 is 2.08. The van der Waals surface area contributed by atoms with E-state index in [1.54, 1.807) is 4.90 Å². The number of hydrogen-bond donors (Lipinski definition) is 2. The number of fused-ring (bicyclic) bond motifs is 3. The smallest absolute Gasteiger partial charge is 0.286 e. The predicted octanol–water partition coefficient (Wildman–Crippen LogP) is 1.39. The fraction of sp³-hybridized carbons (Fsp3) is 0.423. The molecule has 0 bridgehead atoms. The summed E-state index contributed by atoms with van der Waals surface area (Å²) in [5.74, 6) is 0.988. The average Bonchev–Trinajstić information content (AvgIpc) is 3.10. The third kappa shape index (κ3) is 3.82. The van der Waals surface area contributed by atoms with Gasteiger partial charge >= 0.3 is 0 Å². The Balaban J connectivity index is 1.28. The molecule has 2 heterocycles. The molecule has 2 aromatic carbocycles. The topological polar surface area (TPSA) is 30.9 Å². The molecule has 2 aliphatic rings. The van der Waals surface area contributed by atoms with Crippen LogP contribution in [0.4, 0.5) is 0 Å². The van der Waals surface area contributed by atoms with E-state index in [2.05, 4.69) is 66.1 Å². The van der Waals surface area contributed by atoms with Crippen LogP contribution in [0.2, 0.25) is 0 Å². The summed E-state index contributed by atoms with van der Waals surface area (Å²) in [5, 5.41) is 1.29. The van der Waals surface area contributed by atoms with Gasteiger partial charge in [-0.3, -0.25) is 9.36 Å². The van der Waals surface area contributed by atoms with Gasteiger partial charge in [-0.2, -0.15) is 0 Å². The Morgan fingerprint density at radius 2 is 1.67 bits per heavy atom. The van der Waals surface area contributed by atoms with Crippen molar-refractivity contribution in [1.82, 2.24) is 4.57 Å². The molecular weight excluding hydrogens is 370 g/mol. The Bertz CT molecular complexity index is 1030. The van der Waals surface area contributed by atoms with Gasteiger partial charge in [0.15, 0.2) is 6.54 Å². The van der Waals surface area contributed by atoms with Crippen LogP contribution in [0, 0.1) is 5.92 Å². The van der Waals surface area contributed by atoms with Crippen LogP contribution in [0.3, 0.4) is 0 Å². The summed E-state index contributed by atoms with van der Waals surface area (Å²) >= 11 is 0. The van der Waals surface area contributed by atoms with E-state index in [9.17, 15) is 4.79 Å². The van der Waals surface area contributed by atoms with Gasteiger partial charge in [-0.25, -0.2) is 0 Å². The first-order valence-corrected chi connectivity index (χ1v) is 11.5. The van der Waals surface area contributed by atoms with Crippen molar-refractivity contribution in [3.05, 3.63) is 71.4 Å². The summed E-state index contributed by atoms with van der Waals surface area (Å²) in [6.45, 7) is 8.46. The Labute approximate surface area is 179 Å². The van der Waals surface area contributed by atoms with Crippen LogP contribution >= 0.6 is 0 Å². The summed E-state index contributed by atoms with van der Waals surface area (Å²) in [4.78, 5) is 16.5.